The summed E-state index contributed by atoms with van der Waals surface area (Å²) < 4.78 is 5.40. The van der Waals surface area contributed by atoms with Crippen molar-refractivity contribution in [2.45, 2.75) is 26.9 Å². The quantitative estimate of drug-likeness (QED) is 0.534. The number of nitrogens with one attached hydrogen (secondary N) is 1. The molecule has 0 spiro atoms. The molecule has 0 aliphatic rings. The summed E-state index contributed by atoms with van der Waals surface area (Å²) in [7, 11) is 0. The Morgan fingerprint density at radius 1 is 1.22 bits per heavy atom. The molecule has 1 N–H and O–H groups in total. The highest BCUT2D eigenvalue weighted by Gasteiger charge is 1.96. The van der Waals surface area contributed by atoms with Crippen LogP contribution in [0.2, 0.25) is 0 Å². The van der Waals surface area contributed by atoms with Crippen molar-refractivity contribution in [3.63, 3.8) is 0 Å². The van der Waals surface area contributed by atoms with Crippen LogP contribution in [0.25, 0.3) is 0 Å². The normalized spacial score (nSPS) is 10.8. The number of rotatable bonds is 9. The average Bonchev–Trinajstić information content (AvgIpc) is 2.36. The van der Waals surface area contributed by atoms with Gasteiger partial charge in [-0.05, 0) is 36.6 Å². The third-order valence-electron chi connectivity index (χ3n) is 2.67. The fourth-order valence-corrected chi connectivity index (χ4v) is 1.69. The molecule has 0 radical (unpaired) electrons. The molecule has 0 saturated heterocycles. The Morgan fingerprint density at radius 3 is 2.50 bits per heavy atom. The number of benzene rings is 1. The van der Waals surface area contributed by atoms with Gasteiger partial charge in [-0.25, -0.2) is 0 Å². The van der Waals surface area contributed by atoms with Crippen LogP contribution in [0.4, 0.5) is 0 Å². The van der Waals surface area contributed by atoms with Crippen LogP contribution in [-0.2, 0) is 17.8 Å². The maximum atomic E-state index is 5.40. The first kappa shape index (κ1) is 14.9. The zero-order valence-corrected chi connectivity index (χ0v) is 11.6. The van der Waals surface area contributed by atoms with Gasteiger partial charge in [0.1, 0.15) is 0 Å². The van der Waals surface area contributed by atoms with E-state index in [4.69, 9.17) is 4.74 Å². The molecule has 0 bridgehead atoms. The third-order valence-corrected chi connectivity index (χ3v) is 2.67. The van der Waals surface area contributed by atoms with Crippen LogP contribution >= 0.6 is 0 Å². The van der Waals surface area contributed by atoms with Gasteiger partial charge in [-0.2, -0.15) is 0 Å². The number of hydrogen-bond donors (Lipinski definition) is 1. The maximum Gasteiger partial charge on any atom is 0.0721 e. The summed E-state index contributed by atoms with van der Waals surface area (Å²) in [6.07, 6.45) is 2.86. The number of ether oxygens (including phenoxy) is 1. The Balaban J connectivity index is 2.24. The van der Waals surface area contributed by atoms with Crippen molar-refractivity contribution in [3.8, 4) is 0 Å². The van der Waals surface area contributed by atoms with E-state index < -0.39 is 0 Å². The molecule has 0 aliphatic carbocycles. The molecule has 1 aromatic carbocycles. The Kier molecular flexibility index (Phi) is 7.38. The van der Waals surface area contributed by atoms with E-state index in [0.29, 0.717) is 13.2 Å². The molecule has 0 saturated carbocycles. The standard InChI is InChI=1S/C16H25NO/c1-4-11-18-13-16-7-5-15(6-8-16)9-10-17-12-14(2)3/h4-8,14,17H,1,9-13H2,2-3H3. The molecule has 0 fully saturated rings. The van der Waals surface area contributed by atoms with Gasteiger partial charge in [-0.3, -0.25) is 0 Å². The van der Waals surface area contributed by atoms with Crippen LogP contribution in [-0.4, -0.2) is 19.7 Å². The van der Waals surface area contributed by atoms with Crippen molar-refractivity contribution in [1.82, 2.24) is 5.32 Å². The molecular formula is C16H25NO. The van der Waals surface area contributed by atoms with Gasteiger partial charge in [-0.15, -0.1) is 6.58 Å². The van der Waals surface area contributed by atoms with Crippen LogP contribution in [0.1, 0.15) is 25.0 Å². The molecule has 1 rings (SSSR count). The molecule has 2 heteroatoms. The van der Waals surface area contributed by atoms with Crippen LogP contribution in [0.5, 0.6) is 0 Å². The van der Waals surface area contributed by atoms with Crippen molar-refractivity contribution in [1.29, 1.82) is 0 Å². The minimum absolute atomic E-state index is 0.612. The van der Waals surface area contributed by atoms with Crippen LogP contribution < -0.4 is 5.32 Å². The Labute approximate surface area is 111 Å². The van der Waals surface area contributed by atoms with E-state index in [1.165, 1.54) is 11.1 Å². The summed E-state index contributed by atoms with van der Waals surface area (Å²) in [6.45, 7) is 11.5. The summed E-state index contributed by atoms with van der Waals surface area (Å²) in [5.41, 5.74) is 2.59. The first-order chi connectivity index (χ1) is 8.72. The molecule has 0 aromatic heterocycles. The van der Waals surface area contributed by atoms with Crippen molar-refractivity contribution in [2.75, 3.05) is 19.7 Å². The number of hydrogen-bond acceptors (Lipinski definition) is 2. The predicted octanol–water partition coefficient (Wildman–Crippen LogP) is 3.18. The van der Waals surface area contributed by atoms with Crippen LogP contribution in [0, 0.1) is 5.92 Å². The second-order valence-electron chi connectivity index (χ2n) is 4.97. The van der Waals surface area contributed by atoms with E-state index in [0.717, 1.165) is 25.4 Å². The average molecular weight is 247 g/mol. The minimum Gasteiger partial charge on any atom is -0.373 e. The fraction of sp³-hybridized carbons (Fsp3) is 0.500. The van der Waals surface area contributed by atoms with Gasteiger partial charge in [0, 0.05) is 0 Å². The highest BCUT2D eigenvalue weighted by molar-refractivity contribution is 5.22. The second-order valence-corrected chi connectivity index (χ2v) is 4.97. The van der Waals surface area contributed by atoms with Gasteiger partial charge >= 0.3 is 0 Å². The lowest BCUT2D eigenvalue weighted by atomic mass is 10.1. The lowest BCUT2D eigenvalue weighted by molar-refractivity contribution is 0.149. The van der Waals surface area contributed by atoms with Crippen LogP contribution in [0.3, 0.4) is 0 Å². The minimum atomic E-state index is 0.612. The summed E-state index contributed by atoms with van der Waals surface area (Å²) in [4.78, 5) is 0. The smallest absolute Gasteiger partial charge is 0.0721 e. The summed E-state index contributed by atoms with van der Waals surface area (Å²) >= 11 is 0. The Hall–Kier alpha value is -1.12. The zero-order chi connectivity index (χ0) is 13.2. The van der Waals surface area contributed by atoms with E-state index in [1.54, 1.807) is 6.08 Å². The lowest BCUT2D eigenvalue weighted by Crippen LogP contribution is -2.22. The molecule has 0 aliphatic heterocycles. The Morgan fingerprint density at radius 2 is 1.89 bits per heavy atom. The zero-order valence-electron chi connectivity index (χ0n) is 11.6. The highest BCUT2D eigenvalue weighted by Crippen LogP contribution is 2.06. The fourth-order valence-electron chi connectivity index (χ4n) is 1.69. The maximum absolute atomic E-state index is 5.40. The van der Waals surface area contributed by atoms with Gasteiger partial charge < -0.3 is 10.1 Å². The second kappa shape index (κ2) is 8.90. The van der Waals surface area contributed by atoms with E-state index in [9.17, 15) is 0 Å². The van der Waals surface area contributed by atoms with Crippen molar-refractivity contribution in [2.24, 2.45) is 5.92 Å². The summed E-state index contributed by atoms with van der Waals surface area (Å²) in [5.74, 6) is 0.717. The molecule has 100 valence electrons. The monoisotopic (exact) mass is 247 g/mol. The molecule has 0 amide bonds. The lowest BCUT2D eigenvalue weighted by Gasteiger charge is -2.08. The van der Waals surface area contributed by atoms with Gasteiger partial charge in [0.05, 0.1) is 13.2 Å². The third kappa shape index (κ3) is 6.58. The van der Waals surface area contributed by atoms with E-state index in [2.05, 4.69) is 50.0 Å². The highest BCUT2D eigenvalue weighted by atomic mass is 16.5. The molecule has 0 atom stereocenters. The first-order valence-electron chi connectivity index (χ1n) is 6.69. The SMILES string of the molecule is C=CCOCc1ccc(CCNCC(C)C)cc1. The van der Waals surface area contributed by atoms with Crippen LogP contribution in [0.15, 0.2) is 36.9 Å². The van der Waals surface area contributed by atoms with Gasteiger partial charge in [0.25, 0.3) is 0 Å². The molecule has 2 nitrogen and oxygen atoms in total. The first-order valence-corrected chi connectivity index (χ1v) is 6.69. The van der Waals surface area contributed by atoms with Gasteiger partial charge in [0.2, 0.25) is 0 Å². The van der Waals surface area contributed by atoms with E-state index in [1.807, 2.05) is 0 Å². The van der Waals surface area contributed by atoms with Gasteiger partial charge in [0.15, 0.2) is 0 Å². The van der Waals surface area contributed by atoms with E-state index in [-0.39, 0.29) is 0 Å². The Bertz CT molecular complexity index is 329. The topological polar surface area (TPSA) is 21.3 Å². The largest absolute Gasteiger partial charge is 0.373 e. The summed E-state index contributed by atoms with van der Waals surface area (Å²) in [6, 6.07) is 8.65. The molecule has 18 heavy (non-hydrogen) atoms. The molecule has 0 unspecified atom stereocenters. The predicted molar refractivity (Wildman–Crippen MR) is 77.7 cm³/mol. The van der Waals surface area contributed by atoms with E-state index >= 15 is 0 Å². The van der Waals surface area contributed by atoms with Gasteiger partial charge in [-0.1, -0.05) is 44.2 Å². The molecule has 1 aromatic rings. The molecular weight excluding hydrogens is 222 g/mol. The van der Waals surface area contributed by atoms with Crippen molar-refractivity contribution < 1.29 is 4.74 Å². The summed E-state index contributed by atoms with van der Waals surface area (Å²) in [5, 5.41) is 3.45. The van der Waals surface area contributed by atoms with Crippen molar-refractivity contribution in [3.05, 3.63) is 48.0 Å². The van der Waals surface area contributed by atoms with Crippen molar-refractivity contribution >= 4 is 0 Å². The molecule has 0 heterocycles.